The lowest BCUT2D eigenvalue weighted by molar-refractivity contribution is -0.301. The van der Waals surface area contributed by atoms with Gasteiger partial charge >= 0.3 is 23.9 Å². The molecule has 0 aromatic rings. The molecule has 0 radical (unpaired) electrons. The molecular formula is C69H120O12. The van der Waals surface area contributed by atoms with Crippen LogP contribution in [0.15, 0.2) is 60.8 Å². The third-order valence-electron chi connectivity index (χ3n) is 15.1. The van der Waals surface area contributed by atoms with Crippen LogP contribution in [-0.2, 0) is 42.9 Å². The number of hydrogen-bond acceptors (Lipinski definition) is 11. The minimum Gasteiger partial charge on any atom is -0.479 e. The van der Waals surface area contributed by atoms with Gasteiger partial charge < -0.3 is 39.0 Å². The second-order valence-electron chi connectivity index (χ2n) is 22.7. The quantitative estimate of drug-likeness (QED) is 0.0228. The summed E-state index contributed by atoms with van der Waals surface area (Å²) in [6.45, 7) is 5.86. The number of aliphatic hydroxyl groups is 2. The molecule has 0 aromatic heterocycles. The standard InChI is InChI=1S/C69H120O12/c1-4-7-10-13-16-19-22-25-27-29-31-33-35-38-40-43-46-49-52-55-61(70)77-58-60(79-62(71)56-53-50-47-44-41-37-24-21-18-15-12-9-6-3)59-78-69-67(65(74)64(73)66(81-69)68(75)76)80-63(72)57-54-51-48-45-42-39-36-34-32-30-28-26-23-20-17-14-11-8-5-2/h9,12,18,21,25,27,37,41,47,50,60,64-67,69,73-74H,4-8,10-11,13-17,19-20,22-24,26,28-36,38-40,42-46,48-49,51-59H2,1-3H3,(H,75,76)/b12-9-,21-18-,27-25-,41-37-,50-47-. The summed E-state index contributed by atoms with van der Waals surface area (Å²) in [7, 11) is 0. The minimum absolute atomic E-state index is 0.0427. The van der Waals surface area contributed by atoms with Gasteiger partial charge in [-0.05, 0) is 70.6 Å². The van der Waals surface area contributed by atoms with Gasteiger partial charge in [-0.2, -0.15) is 0 Å². The number of aliphatic hydroxyl groups excluding tert-OH is 2. The van der Waals surface area contributed by atoms with E-state index in [1.807, 2.05) is 12.2 Å². The third kappa shape index (κ3) is 46.5. The summed E-state index contributed by atoms with van der Waals surface area (Å²) < 4.78 is 28.5. The highest BCUT2D eigenvalue weighted by atomic mass is 16.7. The van der Waals surface area contributed by atoms with Crippen molar-refractivity contribution in [2.24, 2.45) is 0 Å². The van der Waals surface area contributed by atoms with E-state index < -0.39 is 67.3 Å². The Morgan fingerprint density at radius 3 is 1.23 bits per heavy atom. The summed E-state index contributed by atoms with van der Waals surface area (Å²) >= 11 is 0. The molecule has 3 N–H and O–H groups in total. The molecule has 81 heavy (non-hydrogen) atoms. The molecule has 0 saturated carbocycles. The molecule has 0 aliphatic carbocycles. The van der Waals surface area contributed by atoms with Gasteiger partial charge in [0.15, 0.2) is 24.6 Å². The monoisotopic (exact) mass is 1140 g/mol. The largest absolute Gasteiger partial charge is 0.479 e. The maximum atomic E-state index is 13.1. The normalized spacial score (nSPS) is 18.1. The molecule has 12 nitrogen and oxygen atoms in total. The number of ether oxygens (including phenoxy) is 5. The number of aliphatic carboxylic acids is 1. The number of carbonyl (C=O) groups excluding carboxylic acids is 3. The van der Waals surface area contributed by atoms with E-state index in [1.54, 1.807) is 0 Å². The third-order valence-corrected chi connectivity index (χ3v) is 15.1. The van der Waals surface area contributed by atoms with Crippen molar-refractivity contribution in [3.05, 3.63) is 60.8 Å². The fourth-order valence-corrected chi connectivity index (χ4v) is 10.0. The summed E-state index contributed by atoms with van der Waals surface area (Å²) in [6, 6.07) is 0. The topological polar surface area (TPSA) is 175 Å². The zero-order valence-electron chi connectivity index (χ0n) is 51.8. The van der Waals surface area contributed by atoms with Crippen LogP contribution < -0.4 is 0 Å². The average molecular weight is 1140 g/mol. The molecule has 12 heteroatoms. The van der Waals surface area contributed by atoms with E-state index in [0.29, 0.717) is 25.7 Å². The Morgan fingerprint density at radius 1 is 0.420 bits per heavy atom. The SMILES string of the molecule is CC/C=C\C/C=C\C/C=C\C/C=C\CCC(=O)OC(COC(=O)CCCCCCCCCCC/C=C\CCCCCCCC)COC1OC(C(=O)O)C(O)C(O)C1OC(=O)CCCCCCCCCCCCCCCCCCCCC. The van der Waals surface area contributed by atoms with Gasteiger partial charge in [0.2, 0.25) is 0 Å². The van der Waals surface area contributed by atoms with E-state index in [9.17, 15) is 34.5 Å². The molecule has 1 aliphatic rings. The van der Waals surface area contributed by atoms with E-state index in [0.717, 1.165) is 64.2 Å². The van der Waals surface area contributed by atoms with Crippen molar-refractivity contribution in [2.45, 2.75) is 340 Å². The highest BCUT2D eigenvalue weighted by Crippen LogP contribution is 2.27. The van der Waals surface area contributed by atoms with Crippen LogP contribution in [0.4, 0.5) is 0 Å². The van der Waals surface area contributed by atoms with Gasteiger partial charge in [0.1, 0.15) is 18.8 Å². The van der Waals surface area contributed by atoms with Gasteiger partial charge in [-0.1, -0.05) is 274 Å². The first-order valence-corrected chi connectivity index (χ1v) is 33.3. The van der Waals surface area contributed by atoms with Gasteiger partial charge in [0, 0.05) is 19.3 Å². The Labute approximate surface area is 494 Å². The maximum Gasteiger partial charge on any atom is 0.335 e. The number of esters is 3. The second kappa shape index (κ2) is 56.9. The molecule has 0 spiro atoms. The molecule has 1 saturated heterocycles. The molecule has 6 atom stereocenters. The van der Waals surface area contributed by atoms with Crippen LogP contribution in [0.2, 0.25) is 0 Å². The van der Waals surface area contributed by atoms with Gasteiger partial charge in [-0.25, -0.2) is 4.79 Å². The van der Waals surface area contributed by atoms with Crippen LogP contribution in [0.25, 0.3) is 0 Å². The molecule has 1 rings (SSSR count). The van der Waals surface area contributed by atoms with Crippen molar-refractivity contribution < 1.29 is 58.2 Å². The summed E-state index contributed by atoms with van der Waals surface area (Å²) in [6.07, 6.45) is 59.2. The first-order valence-electron chi connectivity index (χ1n) is 33.3. The Balaban J connectivity index is 2.63. The lowest BCUT2D eigenvalue weighted by atomic mass is 9.98. The fourth-order valence-electron chi connectivity index (χ4n) is 10.0. The van der Waals surface area contributed by atoms with Crippen molar-refractivity contribution in [1.82, 2.24) is 0 Å². The van der Waals surface area contributed by atoms with Gasteiger partial charge in [-0.3, -0.25) is 14.4 Å². The van der Waals surface area contributed by atoms with Crippen molar-refractivity contribution >= 4 is 23.9 Å². The highest BCUT2D eigenvalue weighted by Gasteiger charge is 2.50. The van der Waals surface area contributed by atoms with Crippen molar-refractivity contribution in [3.63, 3.8) is 0 Å². The zero-order valence-corrected chi connectivity index (χ0v) is 51.8. The van der Waals surface area contributed by atoms with Crippen molar-refractivity contribution in [1.29, 1.82) is 0 Å². The van der Waals surface area contributed by atoms with Crippen LogP contribution in [-0.4, -0.2) is 89.2 Å². The molecular weight excluding hydrogens is 1020 g/mol. The smallest absolute Gasteiger partial charge is 0.335 e. The maximum absolute atomic E-state index is 13.1. The average Bonchev–Trinajstić information content (AvgIpc) is 3.54. The first-order chi connectivity index (χ1) is 39.6. The Bertz CT molecular complexity index is 1640. The number of allylic oxidation sites excluding steroid dienone is 10. The summed E-state index contributed by atoms with van der Waals surface area (Å²) in [4.78, 5) is 51.3. The molecule has 1 aliphatic heterocycles. The van der Waals surface area contributed by atoms with Crippen LogP contribution in [0, 0.1) is 0 Å². The molecule has 0 amide bonds. The van der Waals surface area contributed by atoms with E-state index in [1.165, 1.54) is 173 Å². The Hall–Kier alpha value is -3.58. The summed E-state index contributed by atoms with van der Waals surface area (Å²) in [5, 5.41) is 31.6. The second-order valence-corrected chi connectivity index (χ2v) is 22.7. The summed E-state index contributed by atoms with van der Waals surface area (Å²) in [5.74, 6) is -3.21. The lowest BCUT2D eigenvalue weighted by Gasteiger charge is -2.40. The van der Waals surface area contributed by atoms with Gasteiger partial charge in [0.25, 0.3) is 0 Å². The van der Waals surface area contributed by atoms with Crippen LogP contribution >= 0.6 is 0 Å². The molecule has 6 unspecified atom stereocenters. The van der Waals surface area contributed by atoms with E-state index >= 15 is 0 Å². The molecule has 1 fully saturated rings. The van der Waals surface area contributed by atoms with E-state index in [4.69, 9.17) is 23.7 Å². The van der Waals surface area contributed by atoms with E-state index in [2.05, 4.69) is 69.4 Å². The van der Waals surface area contributed by atoms with Crippen LogP contribution in [0.1, 0.15) is 303 Å². The van der Waals surface area contributed by atoms with E-state index in [-0.39, 0.29) is 25.9 Å². The lowest BCUT2D eigenvalue weighted by Crippen LogP contribution is -2.61. The Morgan fingerprint density at radius 2 is 0.802 bits per heavy atom. The van der Waals surface area contributed by atoms with Crippen molar-refractivity contribution in [2.75, 3.05) is 13.2 Å². The highest BCUT2D eigenvalue weighted by molar-refractivity contribution is 5.74. The molecule has 1 heterocycles. The Kier molecular flexibility index (Phi) is 53.0. The number of hydrogen-bond donors (Lipinski definition) is 3. The number of carbonyl (C=O) groups is 4. The van der Waals surface area contributed by atoms with Crippen LogP contribution in [0.5, 0.6) is 0 Å². The first kappa shape index (κ1) is 75.4. The number of carboxylic acids is 1. The van der Waals surface area contributed by atoms with Gasteiger partial charge in [-0.15, -0.1) is 0 Å². The number of rotatable bonds is 57. The number of carboxylic acid groups (broad SMARTS) is 1. The zero-order chi connectivity index (χ0) is 58.9. The van der Waals surface area contributed by atoms with Gasteiger partial charge in [0.05, 0.1) is 6.61 Å². The number of unbranched alkanes of at least 4 members (excludes halogenated alkanes) is 33. The summed E-state index contributed by atoms with van der Waals surface area (Å²) in [5.41, 5.74) is 0. The predicted octanol–water partition coefficient (Wildman–Crippen LogP) is 17.9. The molecule has 468 valence electrons. The predicted molar refractivity (Wildman–Crippen MR) is 331 cm³/mol. The fraction of sp³-hybridized carbons (Fsp3) is 0.797. The minimum atomic E-state index is -1.91. The van der Waals surface area contributed by atoms with Crippen LogP contribution in [0.3, 0.4) is 0 Å². The molecule has 0 bridgehead atoms. The van der Waals surface area contributed by atoms with Crippen molar-refractivity contribution in [3.8, 4) is 0 Å². The molecule has 0 aromatic carbocycles.